The summed E-state index contributed by atoms with van der Waals surface area (Å²) in [7, 11) is 1.72. The van der Waals surface area contributed by atoms with Gasteiger partial charge in [-0.2, -0.15) is 13.2 Å². The van der Waals surface area contributed by atoms with Crippen molar-refractivity contribution >= 4 is 5.69 Å². The number of rotatable bonds is 5. The van der Waals surface area contributed by atoms with Crippen molar-refractivity contribution < 1.29 is 17.6 Å². The summed E-state index contributed by atoms with van der Waals surface area (Å²) in [6.07, 6.45) is -4.34. The normalized spacial score (nSPS) is 11.7. The molecular formula is C12H16F4N2. The zero-order chi connectivity index (χ0) is 13.8. The Bertz CT molecular complexity index is 390. The summed E-state index contributed by atoms with van der Waals surface area (Å²) in [5.74, 6) is -0.631. The maximum absolute atomic E-state index is 13.7. The summed E-state index contributed by atoms with van der Waals surface area (Å²) >= 11 is 0. The fourth-order valence-corrected chi connectivity index (χ4v) is 1.70. The van der Waals surface area contributed by atoms with Crippen LogP contribution in [0.4, 0.5) is 23.2 Å². The molecule has 0 saturated heterocycles. The second-order valence-electron chi connectivity index (χ2n) is 3.95. The smallest absolute Gasteiger partial charge is 0.360 e. The van der Waals surface area contributed by atoms with Gasteiger partial charge < -0.3 is 10.2 Å². The molecule has 0 aliphatic heterocycles. The van der Waals surface area contributed by atoms with E-state index < -0.39 is 18.5 Å². The largest absolute Gasteiger partial charge is 0.405 e. The molecular weight excluding hydrogens is 248 g/mol. The van der Waals surface area contributed by atoms with Crippen LogP contribution >= 0.6 is 0 Å². The van der Waals surface area contributed by atoms with Crippen molar-refractivity contribution in [2.45, 2.75) is 19.6 Å². The zero-order valence-electron chi connectivity index (χ0n) is 10.3. The van der Waals surface area contributed by atoms with Crippen LogP contribution < -0.4 is 10.2 Å². The van der Waals surface area contributed by atoms with E-state index in [9.17, 15) is 17.6 Å². The van der Waals surface area contributed by atoms with Crippen LogP contribution in [-0.2, 0) is 6.54 Å². The lowest BCUT2D eigenvalue weighted by molar-refractivity contribution is -0.119. The van der Waals surface area contributed by atoms with Gasteiger partial charge in [0.2, 0.25) is 0 Å². The molecule has 0 radical (unpaired) electrons. The molecule has 0 bridgehead atoms. The van der Waals surface area contributed by atoms with E-state index in [2.05, 4.69) is 5.32 Å². The number of anilines is 1. The molecule has 18 heavy (non-hydrogen) atoms. The highest BCUT2D eigenvalue weighted by Crippen LogP contribution is 2.25. The van der Waals surface area contributed by atoms with Crippen molar-refractivity contribution in [1.82, 2.24) is 5.32 Å². The van der Waals surface area contributed by atoms with E-state index in [1.807, 2.05) is 0 Å². The average Bonchev–Trinajstić information content (AvgIpc) is 2.26. The molecule has 0 atom stereocenters. The van der Waals surface area contributed by atoms with E-state index in [0.29, 0.717) is 12.1 Å². The molecule has 0 aliphatic rings. The highest BCUT2D eigenvalue weighted by molar-refractivity contribution is 5.49. The predicted molar refractivity (Wildman–Crippen MR) is 63.1 cm³/mol. The second kappa shape index (κ2) is 6.04. The number of benzene rings is 1. The van der Waals surface area contributed by atoms with Crippen LogP contribution in [-0.4, -0.2) is 26.3 Å². The minimum absolute atomic E-state index is 0.0188. The number of alkyl halides is 3. The van der Waals surface area contributed by atoms with E-state index in [1.165, 1.54) is 12.1 Å². The second-order valence-corrected chi connectivity index (χ2v) is 3.95. The van der Waals surface area contributed by atoms with Crippen LogP contribution in [0, 0.1) is 5.82 Å². The van der Waals surface area contributed by atoms with Gasteiger partial charge in [0, 0.05) is 13.1 Å². The minimum atomic E-state index is -4.34. The summed E-state index contributed by atoms with van der Waals surface area (Å²) in [6, 6.07) is 4.26. The molecule has 1 aromatic carbocycles. The molecule has 1 aromatic rings. The van der Waals surface area contributed by atoms with Crippen molar-refractivity contribution in [3.8, 4) is 0 Å². The van der Waals surface area contributed by atoms with Crippen molar-refractivity contribution in [3.05, 3.63) is 29.6 Å². The molecule has 0 amide bonds. The Morgan fingerprint density at radius 3 is 2.39 bits per heavy atom. The Labute approximate surface area is 104 Å². The van der Waals surface area contributed by atoms with E-state index in [-0.39, 0.29) is 12.2 Å². The van der Waals surface area contributed by atoms with E-state index >= 15 is 0 Å². The van der Waals surface area contributed by atoms with Crippen molar-refractivity contribution in [1.29, 1.82) is 0 Å². The van der Waals surface area contributed by atoms with Crippen molar-refractivity contribution in [2.24, 2.45) is 0 Å². The molecule has 6 heteroatoms. The third kappa shape index (κ3) is 4.18. The van der Waals surface area contributed by atoms with E-state index in [4.69, 9.17) is 0 Å². The van der Waals surface area contributed by atoms with E-state index in [1.54, 1.807) is 20.0 Å². The van der Waals surface area contributed by atoms with Crippen LogP contribution in [0.2, 0.25) is 0 Å². The monoisotopic (exact) mass is 264 g/mol. The first-order chi connectivity index (χ1) is 8.37. The molecule has 0 heterocycles. The molecule has 0 unspecified atom stereocenters. The van der Waals surface area contributed by atoms with Gasteiger partial charge in [0.05, 0.1) is 5.69 Å². The summed E-state index contributed by atoms with van der Waals surface area (Å²) in [5.41, 5.74) is 0.677. The van der Waals surface area contributed by atoms with Gasteiger partial charge in [0.1, 0.15) is 12.4 Å². The SMILES string of the molecule is CCN(CC(F)(F)F)c1ccc(CNC)cc1F. The van der Waals surface area contributed by atoms with Crippen LogP contribution in [0.5, 0.6) is 0 Å². The Kier molecular flexibility index (Phi) is 4.95. The van der Waals surface area contributed by atoms with Crippen molar-refractivity contribution in [3.63, 3.8) is 0 Å². The molecule has 2 nitrogen and oxygen atoms in total. The first-order valence-electron chi connectivity index (χ1n) is 5.62. The molecule has 0 fully saturated rings. The fourth-order valence-electron chi connectivity index (χ4n) is 1.70. The molecule has 0 aromatic heterocycles. The van der Waals surface area contributed by atoms with Crippen LogP contribution in [0.15, 0.2) is 18.2 Å². The van der Waals surface area contributed by atoms with Gasteiger partial charge in [0.15, 0.2) is 0 Å². The van der Waals surface area contributed by atoms with Gasteiger partial charge in [-0.1, -0.05) is 6.07 Å². The highest BCUT2D eigenvalue weighted by Gasteiger charge is 2.31. The maximum Gasteiger partial charge on any atom is 0.405 e. The lowest BCUT2D eigenvalue weighted by Gasteiger charge is -2.25. The Balaban J connectivity index is 2.93. The topological polar surface area (TPSA) is 15.3 Å². The third-order valence-corrected chi connectivity index (χ3v) is 2.49. The summed E-state index contributed by atoms with van der Waals surface area (Å²) in [4.78, 5) is 0.971. The minimum Gasteiger partial charge on any atom is -0.360 e. The molecule has 0 aliphatic carbocycles. The first kappa shape index (κ1) is 14.8. The van der Waals surface area contributed by atoms with Gasteiger partial charge in [-0.3, -0.25) is 0 Å². The molecule has 0 saturated carbocycles. The molecule has 102 valence electrons. The zero-order valence-corrected chi connectivity index (χ0v) is 10.3. The Hall–Kier alpha value is -1.30. The van der Waals surface area contributed by atoms with E-state index in [0.717, 1.165) is 4.90 Å². The molecule has 1 N–H and O–H groups in total. The first-order valence-corrected chi connectivity index (χ1v) is 5.62. The maximum atomic E-state index is 13.7. The third-order valence-electron chi connectivity index (χ3n) is 2.49. The molecule has 1 rings (SSSR count). The number of hydrogen-bond acceptors (Lipinski definition) is 2. The summed E-state index contributed by atoms with van der Waals surface area (Å²) in [6.45, 7) is 0.989. The van der Waals surface area contributed by atoms with Gasteiger partial charge in [-0.05, 0) is 31.7 Å². The van der Waals surface area contributed by atoms with Crippen LogP contribution in [0.1, 0.15) is 12.5 Å². The summed E-state index contributed by atoms with van der Waals surface area (Å²) in [5, 5.41) is 2.85. The Morgan fingerprint density at radius 1 is 1.28 bits per heavy atom. The number of nitrogens with zero attached hydrogens (tertiary/aromatic N) is 1. The lowest BCUT2D eigenvalue weighted by atomic mass is 10.2. The fraction of sp³-hybridized carbons (Fsp3) is 0.500. The number of hydrogen-bond donors (Lipinski definition) is 1. The lowest BCUT2D eigenvalue weighted by Crippen LogP contribution is -2.34. The van der Waals surface area contributed by atoms with Crippen LogP contribution in [0.25, 0.3) is 0 Å². The number of nitrogens with one attached hydrogen (secondary N) is 1. The standard InChI is InChI=1S/C12H16F4N2/c1-3-18(8-12(14,15)16)11-5-4-9(7-17-2)6-10(11)13/h4-6,17H,3,7-8H2,1-2H3. The van der Waals surface area contributed by atoms with Gasteiger partial charge in [-0.25, -0.2) is 4.39 Å². The predicted octanol–water partition coefficient (Wildman–Crippen LogP) is 2.93. The highest BCUT2D eigenvalue weighted by atomic mass is 19.4. The quantitative estimate of drug-likeness (QED) is 0.823. The number of halogens is 4. The van der Waals surface area contributed by atoms with Crippen molar-refractivity contribution in [2.75, 3.05) is 25.0 Å². The van der Waals surface area contributed by atoms with Gasteiger partial charge in [0.25, 0.3) is 0 Å². The summed E-state index contributed by atoms with van der Waals surface area (Å²) < 4.78 is 50.8. The van der Waals surface area contributed by atoms with Crippen LogP contribution in [0.3, 0.4) is 0 Å². The molecule has 0 spiro atoms. The Morgan fingerprint density at radius 2 is 1.94 bits per heavy atom. The van der Waals surface area contributed by atoms with Gasteiger partial charge >= 0.3 is 6.18 Å². The van der Waals surface area contributed by atoms with Gasteiger partial charge in [-0.15, -0.1) is 0 Å². The average molecular weight is 264 g/mol.